The summed E-state index contributed by atoms with van der Waals surface area (Å²) in [6, 6.07) is 1.23. The van der Waals surface area contributed by atoms with Crippen molar-refractivity contribution in [3.63, 3.8) is 0 Å². The van der Waals surface area contributed by atoms with Crippen molar-refractivity contribution in [2.24, 2.45) is 5.73 Å². The number of hydrogen-bond donors (Lipinski definition) is 1. The van der Waals surface area contributed by atoms with Crippen LogP contribution in [0.2, 0.25) is 0 Å². The Balaban J connectivity index is 2.67. The Labute approximate surface area is 75.5 Å². The highest BCUT2D eigenvalue weighted by Gasteiger charge is 2.32. The van der Waals surface area contributed by atoms with E-state index in [1.165, 1.54) is 6.42 Å². The Bertz CT molecular complexity index is 135. The van der Waals surface area contributed by atoms with Crippen LogP contribution in [0.1, 0.15) is 20.3 Å². The first-order chi connectivity index (χ1) is 5.57. The molecule has 12 heavy (non-hydrogen) atoms. The van der Waals surface area contributed by atoms with Gasteiger partial charge in [0, 0.05) is 18.6 Å². The van der Waals surface area contributed by atoms with E-state index in [9.17, 15) is 0 Å². The average Bonchev–Trinajstić information content (AvgIpc) is 2.02. The second-order valence-corrected chi connectivity index (χ2v) is 3.89. The van der Waals surface area contributed by atoms with Crippen LogP contribution in [0.25, 0.3) is 0 Å². The average molecular weight is 171 g/mol. The molecule has 0 bridgehead atoms. The molecule has 3 unspecified atom stereocenters. The first kappa shape index (κ1) is 9.96. The quantitative estimate of drug-likeness (QED) is 0.616. The van der Waals surface area contributed by atoms with Gasteiger partial charge in [-0.05, 0) is 27.4 Å². The van der Waals surface area contributed by atoms with Gasteiger partial charge in [0.05, 0.1) is 6.17 Å². The second kappa shape index (κ2) is 3.73. The molecule has 1 rings (SSSR count). The molecule has 3 heteroatoms. The van der Waals surface area contributed by atoms with Gasteiger partial charge < -0.3 is 5.73 Å². The van der Waals surface area contributed by atoms with Gasteiger partial charge in [-0.25, -0.2) is 0 Å². The molecule has 0 aromatic heterocycles. The Morgan fingerprint density at radius 3 is 2.50 bits per heavy atom. The first-order valence-electron chi connectivity index (χ1n) is 4.75. The number of rotatable bonds is 1. The lowest BCUT2D eigenvalue weighted by Gasteiger charge is -2.46. The van der Waals surface area contributed by atoms with Crippen molar-refractivity contribution in [3.05, 3.63) is 0 Å². The molecule has 1 aliphatic rings. The largest absolute Gasteiger partial charge is 0.315 e. The summed E-state index contributed by atoms with van der Waals surface area (Å²) >= 11 is 0. The second-order valence-electron chi connectivity index (χ2n) is 3.89. The van der Waals surface area contributed by atoms with Gasteiger partial charge in [0.25, 0.3) is 0 Å². The van der Waals surface area contributed by atoms with Crippen LogP contribution in [0.3, 0.4) is 0 Å². The molecule has 3 nitrogen and oxygen atoms in total. The highest BCUT2D eigenvalue weighted by molar-refractivity contribution is 4.88. The van der Waals surface area contributed by atoms with Crippen molar-refractivity contribution in [1.29, 1.82) is 0 Å². The van der Waals surface area contributed by atoms with E-state index in [0.717, 1.165) is 6.54 Å². The highest BCUT2D eigenvalue weighted by Crippen LogP contribution is 2.18. The minimum Gasteiger partial charge on any atom is -0.315 e. The van der Waals surface area contributed by atoms with Gasteiger partial charge in [0.1, 0.15) is 0 Å². The molecule has 0 aromatic carbocycles. The van der Waals surface area contributed by atoms with E-state index in [-0.39, 0.29) is 6.17 Å². The Kier molecular flexibility index (Phi) is 3.09. The number of nitrogens with two attached hydrogens (primary N) is 1. The predicted octanol–water partition coefficient (Wildman–Crippen LogP) is 0.316. The Morgan fingerprint density at radius 1 is 1.42 bits per heavy atom. The molecule has 2 N–H and O–H groups in total. The monoisotopic (exact) mass is 171 g/mol. The maximum atomic E-state index is 5.98. The van der Waals surface area contributed by atoms with E-state index in [1.54, 1.807) is 0 Å². The molecule has 0 spiro atoms. The zero-order chi connectivity index (χ0) is 9.30. The molecule has 1 fully saturated rings. The van der Waals surface area contributed by atoms with E-state index in [2.05, 4.69) is 37.7 Å². The minimum absolute atomic E-state index is 0.205. The number of nitrogens with zero attached hydrogens (tertiary/aromatic N) is 2. The summed E-state index contributed by atoms with van der Waals surface area (Å²) in [7, 11) is 4.28. The van der Waals surface area contributed by atoms with E-state index < -0.39 is 0 Å². The van der Waals surface area contributed by atoms with Gasteiger partial charge in [-0.15, -0.1) is 0 Å². The summed E-state index contributed by atoms with van der Waals surface area (Å²) in [4.78, 5) is 4.64. The van der Waals surface area contributed by atoms with Crippen LogP contribution in [-0.2, 0) is 0 Å². The summed E-state index contributed by atoms with van der Waals surface area (Å²) in [5.74, 6) is 0. The Morgan fingerprint density at radius 2 is 2.00 bits per heavy atom. The predicted molar refractivity (Wildman–Crippen MR) is 51.9 cm³/mol. The van der Waals surface area contributed by atoms with Gasteiger partial charge in [-0.3, -0.25) is 9.80 Å². The maximum Gasteiger partial charge on any atom is 0.0703 e. The smallest absolute Gasteiger partial charge is 0.0703 e. The van der Waals surface area contributed by atoms with Crippen LogP contribution in [-0.4, -0.2) is 48.7 Å². The third-order valence-electron chi connectivity index (χ3n) is 3.19. The van der Waals surface area contributed by atoms with Crippen molar-refractivity contribution in [2.45, 2.75) is 38.5 Å². The molecule has 0 radical (unpaired) electrons. The molecule has 1 aliphatic heterocycles. The lowest BCUT2D eigenvalue weighted by molar-refractivity contribution is 0.0161. The number of likely N-dealkylation sites (N-methyl/N-ethyl adjacent to an activating group) is 2. The lowest BCUT2D eigenvalue weighted by atomic mass is 10.0. The first-order valence-corrected chi connectivity index (χ1v) is 4.75. The summed E-state index contributed by atoms with van der Waals surface area (Å²) in [5, 5.41) is 0. The molecule has 1 heterocycles. The zero-order valence-corrected chi connectivity index (χ0v) is 8.62. The SMILES string of the molecule is CCC1C(C)N(C)CC(N)N1C. The standard InChI is InChI=1S/C9H21N3/c1-5-8-7(2)11(3)6-9(10)12(8)4/h7-9H,5-6,10H2,1-4H3. The summed E-state index contributed by atoms with van der Waals surface area (Å²) in [6.45, 7) is 5.48. The molecular formula is C9H21N3. The van der Waals surface area contributed by atoms with E-state index in [0.29, 0.717) is 12.1 Å². The van der Waals surface area contributed by atoms with Crippen LogP contribution in [0.5, 0.6) is 0 Å². The van der Waals surface area contributed by atoms with Crippen LogP contribution < -0.4 is 5.73 Å². The molecule has 0 amide bonds. The van der Waals surface area contributed by atoms with E-state index >= 15 is 0 Å². The fraction of sp³-hybridized carbons (Fsp3) is 1.00. The van der Waals surface area contributed by atoms with E-state index in [1.807, 2.05) is 0 Å². The molecule has 0 saturated carbocycles. The molecule has 1 saturated heterocycles. The molecule has 0 aromatic rings. The normalized spacial score (nSPS) is 40.2. The van der Waals surface area contributed by atoms with Crippen LogP contribution in [0.15, 0.2) is 0 Å². The van der Waals surface area contributed by atoms with Crippen molar-refractivity contribution in [3.8, 4) is 0 Å². The lowest BCUT2D eigenvalue weighted by Crippen LogP contribution is -2.63. The van der Waals surface area contributed by atoms with Gasteiger partial charge in [0.15, 0.2) is 0 Å². The van der Waals surface area contributed by atoms with Crippen LogP contribution in [0, 0.1) is 0 Å². The highest BCUT2D eigenvalue weighted by atomic mass is 15.3. The van der Waals surface area contributed by atoms with Gasteiger partial charge in [-0.1, -0.05) is 6.92 Å². The van der Waals surface area contributed by atoms with Crippen molar-refractivity contribution < 1.29 is 0 Å². The molecule has 3 atom stereocenters. The van der Waals surface area contributed by atoms with Gasteiger partial charge in [-0.2, -0.15) is 0 Å². The van der Waals surface area contributed by atoms with Gasteiger partial charge in [0.2, 0.25) is 0 Å². The fourth-order valence-electron chi connectivity index (χ4n) is 2.10. The van der Waals surface area contributed by atoms with Gasteiger partial charge >= 0.3 is 0 Å². The molecule has 0 aliphatic carbocycles. The Hall–Kier alpha value is -0.120. The molecule has 72 valence electrons. The topological polar surface area (TPSA) is 32.5 Å². The number of piperazine rings is 1. The third-order valence-corrected chi connectivity index (χ3v) is 3.19. The van der Waals surface area contributed by atoms with Crippen LogP contribution >= 0.6 is 0 Å². The fourth-order valence-corrected chi connectivity index (χ4v) is 2.10. The third kappa shape index (κ3) is 1.63. The summed E-state index contributed by atoms with van der Waals surface area (Å²) < 4.78 is 0. The molecular weight excluding hydrogens is 150 g/mol. The summed E-state index contributed by atoms with van der Waals surface area (Å²) in [6.07, 6.45) is 1.38. The zero-order valence-electron chi connectivity index (χ0n) is 8.62. The summed E-state index contributed by atoms with van der Waals surface area (Å²) in [5.41, 5.74) is 5.98. The van der Waals surface area contributed by atoms with Crippen molar-refractivity contribution in [2.75, 3.05) is 20.6 Å². The maximum absolute atomic E-state index is 5.98. The van der Waals surface area contributed by atoms with Crippen molar-refractivity contribution in [1.82, 2.24) is 9.80 Å². The van der Waals surface area contributed by atoms with E-state index in [4.69, 9.17) is 5.73 Å². The van der Waals surface area contributed by atoms with Crippen molar-refractivity contribution >= 4 is 0 Å². The minimum atomic E-state index is 0.205. The number of hydrogen-bond acceptors (Lipinski definition) is 3. The van der Waals surface area contributed by atoms with Crippen LogP contribution in [0.4, 0.5) is 0 Å².